The maximum Gasteiger partial charge on any atom is 0.246 e. The molecule has 0 saturated carbocycles. The molecule has 0 radical (unpaired) electrons. The number of amides is 2. The lowest BCUT2D eigenvalue weighted by Gasteiger charge is -2.47. The fraction of sp³-hybridized carbons (Fsp3) is 0.304. The van der Waals surface area contributed by atoms with E-state index in [1.165, 1.54) is 0 Å². The smallest absolute Gasteiger partial charge is 0.246 e. The van der Waals surface area contributed by atoms with Crippen molar-refractivity contribution in [1.29, 1.82) is 0 Å². The summed E-state index contributed by atoms with van der Waals surface area (Å²) in [5.41, 5.74) is 3.96. The number of fused-ring (bicyclic) bond motifs is 4. The number of aromatic amines is 1. The van der Waals surface area contributed by atoms with E-state index in [0.717, 1.165) is 27.7 Å². The standard InChI is InChI=1S/C23H22ClN3O3/c24-15-8-6-14(7-9-15)22-21-17(16-4-1-2-5-18(16)25-21)12-19-23(30)26(10-3-11-28)13-20(29)27(19)22/h1-2,4-9,19,22,25,28H,3,10-13H2. The van der Waals surface area contributed by atoms with Crippen LogP contribution in [0.25, 0.3) is 10.9 Å². The number of hydrogen-bond acceptors (Lipinski definition) is 3. The van der Waals surface area contributed by atoms with E-state index in [4.69, 9.17) is 16.7 Å². The molecule has 2 amide bonds. The van der Waals surface area contributed by atoms with Crippen LogP contribution in [0, 0.1) is 0 Å². The maximum absolute atomic E-state index is 13.3. The Hall–Kier alpha value is -2.83. The number of para-hydroxylation sites is 1. The number of hydrogen-bond donors (Lipinski definition) is 2. The van der Waals surface area contributed by atoms with E-state index >= 15 is 0 Å². The predicted molar refractivity (Wildman–Crippen MR) is 114 cm³/mol. The number of aromatic nitrogens is 1. The van der Waals surface area contributed by atoms with E-state index in [2.05, 4.69) is 11.1 Å². The molecule has 154 valence electrons. The first-order valence-electron chi connectivity index (χ1n) is 10.1. The monoisotopic (exact) mass is 423 g/mol. The van der Waals surface area contributed by atoms with Gasteiger partial charge in [0.25, 0.3) is 0 Å². The quantitative estimate of drug-likeness (QED) is 0.677. The van der Waals surface area contributed by atoms with E-state index in [-0.39, 0.29) is 31.0 Å². The molecule has 0 bridgehead atoms. The van der Waals surface area contributed by atoms with Gasteiger partial charge in [-0.3, -0.25) is 9.59 Å². The van der Waals surface area contributed by atoms with Crippen molar-refractivity contribution in [1.82, 2.24) is 14.8 Å². The van der Waals surface area contributed by atoms with Crippen LogP contribution in [0.15, 0.2) is 48.5 Å². The second kappa shape index (κ2) is 7.45. The summed E-state index contributed by atoms with van der Waals surface area (Å²) >= 11 is 6.10. The Bertz CT molecular complexity index is 1120. The van der Waals surface area contributed by atoms with Gasteiger partial charge in [0.05, 0.1) is 12.6 Å². The number of aliphatic hydroxyl groups is 1. The summed E-state index contributed by atoms with van der Waals surface area (Å²) in [5, 5.41) is 10.9. The molecule has 6 nitrogen and oxygen atoms in total. The third-order valence-electron chi connectivity index (χ3n) is 6.11. The zero-order valence-electron chi connectivity index (χ0n) is 16.3. The van der Waals surface area contributed by atoms with Crippen LogP contribution in [0.5, 0.6) is 0 Å². The minimum absolute atomic E-state index is 0.00759. The number of aliphatic hydroxyl groups excluding tert-OH is 1. The molecule has 2 unspecified atom stereocenters. The highest BCUT2D eigenvalue weighted by Crippen LogP contribution is 2.42. The third kappa shape index (κ3) is 2.99. The highest BCUT2D eigenvalue weighted by Gasteiger charge is 2.47. The van der Waals surface area contributed by atoms with E-state index in [0.29, 0.717) is 24.4 Å². The molecule has 3 heterocycles. The highest BCUT2D eigenvalue weighted by atomic mass is 35.5. The summed E-state index contributed by atoms with van der Waals surface area (Å²) in [6, 6.07) is 14.6. The fourth-order valence-corrected chi connectivity index (χ4v) is 4.89. The topological polar surface area (TPSA) is 76.6 Å². The number of piperazine rings is 1. The Balaban J connectivity index is 1.66. The number of nitrogens with one attached hydrogen (secondary N) is 1. The first-order chi connectivity index (χ1) is 14.6. The summed E-state index contributed by atoms with van der Waals surface area (Å²) in [4.78, 5) is 33.4. The van der Waals surface area contributed by atoms with Gasteiger partial charge >= 0.3 is 0 Å². The van der Waals surface area contributed by atoms with Crippen molar-refractivity contribution in [3.05, 3.63) is 70.4 Å². The molecule has 2 aliphatic heterocycles. The number of rotatable bonds is 4. The highest BCUT2D eigenvalue weighted by molar-refractivity contribution is 6.30. The van der Waals surface area contributed by atoms with Crippen molar-refractivity contribution in [3.63, 3.8) is 0 Å². The Morgan fingerprint density at radius 3 is 2.63 bits per heavy atom. The summed E-state index contributed by atoms with van der Waals surface area (Å²) < 4.78 is 0. The maximum atomic E-state index is 13.3. The van der Waals surface area contributed by atoms with Gasteiger partial charge in [-0.2, -0.15) is 0 Å². The van der Waals surface area contributed by atoms with Crippen molar-refractivity contribution in [2.75, 3.05) is 19.7 Å². The Morgan fingerprint density at radius 2 is 1.87 bits per heavy atom. The number of H-pyrrole nitrogens is 1. The van der Waals surface area contributed by atoms with Gasteiger partial charge in [0.2, 0.25) is 11.8 Å². The molecule has 1 fully saturated rings. The molecule has 2 N–H and O–H groups in total. The molecular weight excluding hydrogens is 402 g/mol. The Kier molecular flexibility index (Phi) is 4.76. The van der Waals surface area contributed by atoms with Crippen LogP contribution in [-0.4, -0.2) is 57.4 Å². The summed E-state index contributed by atoms with van der Waals surface area (Å²) in [6.07, 6.45) is 0.939. The van der Waals surface area contributed by atoms with Crippen LogP contribution < -0.4 is 0 Å². The van der Waals surface area contributed by atoms with Gasteiger partial charge in [0, 0.05) is 41.2 Å². The number of halogens is 1. The zero-order valence-corrected chi connectivity index (χ0v) is 17.1. The number of carbonyl (C=O) groups excluding carboxylic acids is 2. The van der Waals surface area contributed by atoms with Gasteiger partial charge in [-0.25, -0.2) is 0 Å². The molecule has 0 spiro atoms. The van der Waals surface area contributed by atoms with E-state index < -0.39 is 6.04 Å². The van der Waals surface area contributed by atoms with Crippen molar-refractivity contribution >= 4 is 34.3 Å². The normalized spacial score (nSPS) is 21.1. The number of benzene rings is 2. The summed E-state index contributed by atoms with van der Waals surface area (Å²) in [5.74, 6) is -0.139. The molecule has 1 saturated heterocycles. The van der Waals surface area contributed by atoms with E-state index in [9.17, 15) is 9.59 Å². The van der Waals surface area contributed by atoms with Gasteiger partial charge in [0.1, 0.15) is 6.04 Å². The van der Waals surface area contributed by atoms with Crippen LogP contribution >= 0.6 is 11.6 Å². The molecule has 2 aliphatic rings. The summed E-state index contributed by atoms with van der Waals surface area (Å²) in [7, 11) is 0. The van der Waals surface area contributed by atoms with Crippen LogP contribution in [-0.2, 0) is 16.0 Å². The van der Waals surface area contributed by atoms with Gasteiger partial charge < -0.3 is 19.9 Å². The second-order valence-corrected chi connectivity index (χ2v) is 8.31. The van der Waals surface area contributed by atoms with Crippen LogP contribution in [0.3, 0.4) is 0 Å². The van der Waals surface area contributed by atoms with Gasteiger partial charge in [-0.15, -0.1) is 0 Å². The molecule has 5 rings (SSSR count). The molecule has 1 aromatic heterocycles. The fourth-order valence-electron chi connectivity index (χ4n) is 4.77. The van der Waals surface area contributed by atoms with Gasteiger partial charge in [0.15, 0.2) is 0 Å². The lowest BCUT2D eigenvalue weighted by Crippen LogP contribution is -2.63. The second-order valence-electron chi connectivity index (χ2n) is 7.87. The molecule has 2 atom stereocenters. The summed E-state index contributed by atoms with van der Waals surface area (Å²) in [6.45, 7) is 0.416. The van der Waals surface area contributed by atoms with Crippen LogP contribution in [0.1, 0.15) is 29.3 Å². The molecule has 2 aromatic carbocycles. The lowest BCUT2D eigenvalue weighted by molar-refractivity contribution is -0.158. The first-order valence-corrected chi connectivity index (χ1v) is 10.5. The number of nitrogens with zero attached hydrogens (tertiary/aromatic N) is 2. The first kappa shape index (κ1) is 19.2. The van der Waals surface area contributed by atoms with Gasteiger partial charge in [-0.05, 0) is 35.7 Å². The van der Waals surface area contributed by atoms with Crippen molar-refractivity contribution in [2.45, 2.75) is 24.9 Å². The van der Waals surface area contributed by atoms with Crippen molar-refractivity contribution in [3.8, 4) is 0 Å². The minimum Gasteiger partial charge on any atom is -0.396 e. The predicted octanol–water partition coefficient (Wildman–Crippen LogP) is 2.89. The van der Waals surface area contributed by atoms with Crippen LogP contribution in [0.4, 0.5) is 0 Å². The lowest BCUT2D eigenvalue weighted by atomic mass is 9.86. The van der Waals surface area contributed by atoms with Crippen molar-refractivity contribution < 1.29 is 14.7 Å². The average molecular weight is 424 g/mol. The largest absolute Gasteiger partial charge is 0.396 e. The number of carbonyl (C=O) groups is 2. The molecule has 3 aromatic rings. The molecule has 30 heavy (non-hydrogen) atoms. The average Bonchev–Trinajstić information content (AvgIpc) is 3.13. The Morgan fingerprint density at radius 1 is 1.10 bits per heavy atom. The SMILES string of the molecule is O=C1C2Cc3c([nH]c4ccccc34)C(c3ccc(Cl)cc3)N2C(=O)CN1CCCO. The van der Waals surface area contributed by atoms with E-state index in [1.54, 1.807) is 9.80 Å². The molecule has 0 aliphatic carbocycles. The Labute approximate surface area is 179 Å². The zero-order chi connectivity index (χ0) is 20.8. The molecular formula is C23H22ClN3O3. The van der Waals surface area contributed by atoms with E-state index in [1.807, 2.05) is 42.5 Å². The third-order valence-corrected chi connectivity index (χ3v) is 6.37. The van der Waals surface area contributed by atoms with Crippen molar-refractivity contribution in [2.24, 2.45) is 0 Å². The minimum atomic E-state index is -0.558. The molecule has 7 heteroatoms. The van der Waals surface area contributed by atoms with Crippen LogP contribution in [0.2, 0.25) is 5.02 Å². The van der Waals surface area contributed by atoms with Gasteiger partial charge in [-0.1, -0.05) is 41.9 Å².